The van der Waals surface area contributed by atoms with E-state index in [2.05, 4.69) is 18.4 Å². The maximum Gasteiger partial charge on any atom is 0.134 e. The summed E-state index contributed by atoms with van der Waals surface area (Å²) in [5.74, 6) is 1.23. The lowest BCUT2D eigenvalue weighted by Crippen LogP contribution is -2.67. The van der Waals surface area contributed by atoms with Crippen LogP contribution in [-0.2, 0) is 4.79 Å². The highest BCUT2D eigenvalue weighted by Gasteiger charge is 2.90. The minimum Gasteiger partial charge on any atom is -0.392 e. The van der Waals surface area contributed by atoms with Crippen molar-refractivity contribution in [2.24, 2.45) is 39.9 Å². The second-order valence-electron chi connectivity index (χ2n) is 10.6. The van der Waals surface area contributed by atoms with E-state index in [4.69, 9.17) is 0 Å². The third-order valence-electron chi connectivity index (χ3n) is 9.96. The van der Waals surface area contributed by atoms with Crippen LogP contribution >= 0.6 is 0 Å². The fourth-order valence-corrected chi connectivity index (χ4v) is 10.4. The van der Waals surface area contributed by atoms with Crippen molar-refractivity contribution in [3.05, 3.63) is 12.2 Å². The lowest BCUT2D eigenvalue weighted by atomic mass is 9.40. The molecule has 2 spiro atoms. The SMILES string of the molecule is C=C1CC23CC4C5C67CC(=O)C[C@@]5(C)CN4C6C2C(O)C1C(O)C37. The van der Waals surface area contributed by atoms with Crippen LogP contribution in [0.4, 0.5) is 0 Å². The van der Waals surface area contributed by atoms with Gasteiger partial charge in [0.15, 0.2) is 0 Å². The van der Waals surface area contributed by atoms with Gasteiger partial charge in [0.05, 0.1) is 12.2 Å². The summed E-state index contributed by atoms with van der Waals surface area (Å²) >= 11 is 0. The van der Waals surface area contributed by atoms with Crippen LogP contribution in [0.25, 0.3) is 0 Å². The third kappa shape index (κ3) is 0.945. The molecule has 9 aliphatic rings. The van der Waals surface area contributed by atoms with Crippen molar-refractivity contribution in [2.45, 2.75) is 56.9 Å². The number of carbonyl (C=O) groups excluding carboxylic acids is 1. The normalized spacial score (nSPS) is 73.0. The zero-order chi connectivity index (χ0) is 16.4. The maximum absolute atomic E-state index is 12.8. The Hall–Kier alpha value is -0.710. The number of aliphatic hydroxyl groups is 2. The van der Waals surface area contributed by atoms with Gasteiger partial charge in [-0.1, -0.05) is 19.1 Å². The van der Waals surface area contributed by atoms with Crippen molar-refractivity contribution < 1.29 is 15.0 Å². The van der Waals surface area contributed by atoms with E-state index in [1.807, 2.05) is 0 Å². The van der Waals surface area contributed by atoms with Crippen LogP contribution in [0.15, 0.2) is 12.2 Å². The smallest absolute Gasteiger partial charge is 0.134 e. The highest BCUT2D eigenvalue weighted by atomic mass is 16.3. The molecule has 3 saturated heterocycles. The van der Waals surface area contributed by atoms with E-state index in [-0.39, 0.29) is 34.0 Å². The van der Waals surface area contributed by atoms with E-state index in [1.165, 1.54) is 0 Å². The molecule has 6 aliphatic carbocycles. The Balaban J connectivity index is 1.55. The van der Waals surface area contributed by atoms with Gasteiger partial charge in [-0.25, -0.2) is 0 Å². The van der Waals surface area contributed by atoms with Crippen molar-refractivity contribution in [3.8, 4) is 0 Å². The van der Waals surface area contributed by atoms with Gasteiger partial charge >= 0.3 is 0 Å². The summed E-state index contributed by atoms with van der Waals surface area (Å²) < 4.78 is 0. The van der Waals surface area contributed by atoms with Gasteiger partial charge in [-0.2, -0.15) is 0 Å². The second-order valence-corrected chi connectivity index (χ2v) is 10.6. The molecule has 9 fully saturated rings. The number of hydrogen-bond acceptors (Lipinski definition) is 4. The molecule has 24 heavy (non-hydrogen) atoms. The van der Waals surface area contributed by atoms with Gasteiger partial charge in [0, 0.05) is 48.7 Å². The first kappa shape index (κ1) is 13.5. The quantitative estimate of drug-likeness (QED) is 0.651. The Morgan fingerprint density at radius 1 is 1.17 bits per heavy atom. The van der Waals surface area contributed by atoms with Crippen molar-refractivity contribution in [1.82, 2.24) is 4.90 Å². The minimum atomic E-state index is -0.501. The van der Waals surface area contributed by atoms with Crippen LogP contribution in [0, 0.1) is 39.9 Å². The van der Waals surface area contributed by atoms with Gasteiger partial charge in [-0.15, -0.1) is 0 Å². The molecule has 4 nitrogen and oxygen atoms in total. The zero-order valence-corrected chi connectivity index (χ0v) is 14.1. The first-order chi connectivity index (χ1) is 11.4. The minimum absolute atomic E-state index is 0.00979. The molecular weight excluding hydrogens is 302 g/mol. The number of carbonyl (C=O) groups is 1. The molecule has 4 heteroatoms. The van der Waals surface area contributed by atoms with Crippen LogP contribution in [-0.4, -0.2) is 51.7 Å². The average molecular weight is 327 g/mol. The van der Waals surface area contributed by atoms with E-state index >= 15 is 0 Å². The molecule has 11 unspecified atom stereocenters. The predicted octanol–water partition coefficient (Wildman–Crippen LogP) is 0.972. The standard InChI is InChI=1S/C20H25NO3/c1-8-3-19-6-10-15-18(2)4-9(22)5-20(15)16(19)14(24)11(8)13(23)12(19)17(20)21(10)7-18/h10-17,23-24H,1,3-7H2,2H3/t10?,11?,12?,13?,14?,15?,16?,17?,18-,19?,20?/m0/s1. The summed E-state index contributed by atoms with van der Waals surface area (Å²) in [5, 5.41) is 22.5. The predicted molar refractivity (Wildman–Crippen MR) is 85.8 cm³/mol. The molecule has 6 saturated carbocycles. The van der Waals surface area contributed by atoms with Crippen LogP contribution in [0.1, 0.15) is 32.6 Å². The highest BCUT2D eigenvalue weighted by molar-refractivity contribution is 5.82. The number of piperidine rings is 2. The topological polar surface area (TPSA) is 60.8 Å². The molecule has 9 rings (SSSR count). The van der Waals surface area contributed by atoms with Gasteiger partial charge < -0.3 is 10.2 Å². The summed E-state index contributed by atoms with van der Waals surface area (Å²) in [4.78, 5) is 15.5. The summed E-state index contributed by atoms with van der Waals surface area (Å²) in [5.41, 5.74) is 1.10. The second kappa shape index (κ2) is 3.30. The van der Waals surface area contributed by atoms with Gasteiger partial charge in [-0.05, 0) is 35.5 Å². The molecule has 3 heterocycles. The number of fused-ring (bicyclic) bond motifs is 1. The summed E-state index contributed by atoms with van der Waals surface area (Å²) in [6.07, 6.45) is 2.48. The van der Waals surface area contributed by atoms with Crippen LogP contribution in [0.3, 0.4) is 0 Å². The molecule has 9 bridgehead atoms. The first-order valence-electron chi connectivity index (χ1n) is 9.66. The number of Topliss-reactive ketones (excluding diaryl/α,β-unsaturated/α-hetero) is 1. The number of ketones is 1. The van der Waals surface area contributed by atoms with Gasteiger partial charge in [0.1, 0.15) is 5.78 Å². The molecule has 0 aromatic rings. The highest BCUT2D eigenvalue weighted by Crippen LogP contribution is 2.86. The number of aliphatic hydroxyl groups excluding tert-OH is 2. The van der Waals surface area contributed by atoms with Crippen molar-refractivity contribution in [1.29, 1.82) is 0 Å². The Labute approximate surface area is 141 Å². The van der Waals surface area contributed by atoms with Gasteiger partial charge in [-0.3, -0.25) is 9.69 Å². The van der Waals surface area contributed by atoms with Crippen molar-refractivity contribution >= 4 is 5.78 Å². The Bertz CT molecular complexity index is 749. The molecule has 0 radical (unpaired) electrons. The third-order valence-corrected chi connectivity index (χ3v) is 9.96. The monoisotopic (exact) mass is 327 g/mol. The molecule has 0 amide bonds. The molecule has 0 aromatic carbocycles. The Morgan fingerprint density at radius 2 is 1.96 bits per heavy atom. The summed E-state index contributed by atoms with van der Waals surface area (Å²) in [6, 6.07) is 0.897. The van der Waals surface area contributed by atoms with Crippen molar-refractivity contribution in [2.75, 3.05) is 6.54 Å². The Kier molecular flexibility index (Phi) is 1.86. The van der Waals surface area contributed by atoms with Crippen LogP contribution in [0.5, 0.6) is 0 Å². The number of hydrogen-bond donors (Lipinski definition) is 2. The fraction of sp³-hybridized carbons (Fsp3) is 0.850. The van der Waals surface area contributed by atoms with Gasteiger partial charge in [0.2, 0.25) is 0 Å². The fourth-order valence-electron chi connectivity index (χ4n) is 10.4. The van der Waals surface area contributed by atoms with Crippen LogP contribution < -0.4 is 0 Å². The summed E-state index contributed by atoms with van der Waals surface area (Å²) in [6.45, 7) is 7.58. The first-order valence-corrected chi connectivity index (χ1v) is 9.66. The van der Waals surface area contributed by atoms with E-state index in [0.717, 1.165) is 31.4 Å². The molecular formula is C20H25NO3. The zero-order valence-electron chi connectivity index (χ0n) is 14.1. The average Bonchev–Trinajstić information content (AvgIpc) is 2.88. The van der Waals surface area contributed by atoms with Gasteiger partial charge in [0.25, 0.3) is 0 Å². The Morgan fingerprint density at radius 3 is 2.75 bits per heavy atom. The molecule has 128 valence electrons. The molecule has 3 aliphatic heterocycles. The van der Waals surface area contributed by atoms with E-state index in [9.17, 15) is 15.0 Å². The van der Waals surface area contributed by atoms with E-state index in [1.54, 1.807) is 0 Å². The van der Waals surface area contributed by atoms with E-state index < -0.39 is 12.2 Å². The number of rotatable bonds is 0. The summed E-state index contributed by atoms with van der Waals surface area (Å²) in [7, 11) is 0. The molecule has 0 aromatic heterocycles. The maximum atomic E-state index is 12.8. The number of nitrogens with zero attached hydrogens (tertiary/aromatic N) is 1. The largest absolute Gasteiger partial charge is 0.392 e. The molecule has 12 atom stereocenters. The van der Waals surface area contributed by atoms with Crippen LogP contribution in [0.2, 0.25) is 0 Å². The lowest BCUT2D eigenvalue weighted by Gasteiger charge is -2.65. The lowest BCUT2D eigenvalue weighted by molar-refractivity contribution is -0.207. The van der Waals surface area contributed by atoms with E-state index in [0.29, 0.717) is 30.2 Å². The van der Waals surface area contributed by atoms with Crippen molar-refractivity contribution in [3.63, 3.8) is 0 Å². The molecule has 2 N–H and O–H groups in total.